The molecule has 0 bridgehead atoms. The zero-order valence-corrected chi connectivity index (χ0v) is 37.8. The molecule has 0 aromatic heterocycles. The average molecular weight is 899 g/mol. The van der Waals surface area contributed by atoms with Crippen molar-refractivity contribution in [1.29, 1.82) is 0 Å². The Bertz CT molecular complexity index is 1680. The van der Waals surface area contributed by atoms with Gasteiger partial charge in [-0.1, -0.05) is 39.3 Å². The molecule has 4 heterocycles. The number of carbonyl (C=O) groups excluding carboxylic acids is 1. The molecule has 360 valence electrons. The fourth-order valence-electron chi connectivity index (χ4n) is 14.5. The number of hydrogen-bond acceptors (Lipinski definition) is 17. The highest BCUT2D eigenvalue weighted by Crippen LogP contribution is 2.76. The van der Waals surface area contributed by atoms with Crippen LogP contribution in [0.4, 0.5) is 0 Å². The lowest BCUT2D eigenvalue weighted by atomic mass is 9.35. The van der Waals surface area contributed by atoms with Crippen LogP contribution >= 0.6 is 0 Å². The monoisotopic (exact) mass is 898 g/mol. The molecule has 4 aliphatic heterocycles. The summed E-state index contributed by atoms with van der Waals surface area (Å²) in [4.78, 5) is 13.9. The zero-order valence-electron chi connectivity index (χ0n) is 37.8. The SMILES string of the molecule is CC(C)=C[C@@H]1C[C@@](O)([C@@H]2CC[C@@]3(C)[C@@H]2CC[C@H]2[C@]4(C=O)CC[C@@H](O[C@@H]5OC[C@H](O)[C@H](O[C@@H]6OC[C@H](O)[C@H](O)[C@@H]6O)[C@@H]5O[C@@H]5O[C@H](C)[C@H](O)[C@H](O)[C@H]5O)C(C)(C)[C@H]4CC[C@@]23C)[C@@H](O)O1. The summed E-state index contributed by atoms with van der Waals surface area (Å²) in [5.74, 6) is -0.0527. The fourth-order valence-corrected chi connectivity index (χ4v) is 14.5. The van der Waals surface area contributed by atoms with Gasteiger partial charge in [-0.05, 0) is 112 Å². The van der Waals surface area contributed by atoms with E-state index in [-0.39, 0.29) is 53.8 Å². The van der Waals surface area contributed by atoms with E-state index in [0.717, 1.165) is 44.1 Å². The number of aldehydes is 1. The van der Waals surface area contributed by atoms with E-state index < -0.39 is 109 Å². The minimum atomic E-state index is -1.73. The molecular formula is C46H74O17. The second-order valence-electron chi connectivity index (χ2n) is 21.9. The van der Waals surface area contributed by atoms with Gasteiger partial charge >= 0.3 is 0 Å². The van der Waals surface area contributed by atoms with Crippen LogP contribution in [0.1, 0.15) is 106 Å². The van der Waals surface area contributed by atoms with Crippen LogP contribution < -0.4 is 0 Å². The number of fused-ring (bicyclic) bond motifs is 5. The van der Waals surface area contributed by atoms with Crippen LogP contribution in [0.15, 0.2) is 11.6 Å². The lowest BCUT2D eigenvalue weighted by Gasteiger charge is -2.69. The summed E-state index contributed by atoms with van der Waals surface area (Å²) in [5, 5.41) is 98.1. The largest absolute Gasteiger partial charge is 0.388 e. The molecule has 17 heteroatoms. The molecule has 8 aliphatic rings. The Balaban J connectivity index is 1.04. The third kappa shape index (κ3) is 7.73. The van der Waals surface area contributed by atoms with Crippen molar-refractivity contribution >= 4 is 6.29 Å². The van der Waals surface area contributed by atoms with Crippen LogP contribution in [0.25, 0.3) is 0 Å². The van der Waals surface area contributed by atoms with Crippen molar-refractivity contribution in [2.24, 2.45) is 45.3 Å². The molecule has 0 aromatic rings. The lowest BCUT2D eigenvalue weighted by Crippen LogP contribution is -2.67. The molecule has 8 fully saturated rings. The van der Waals surface area contributed by atoms with Gasteiger partial charge in [-0.2, -0.15) is 0 Å². The van der Waals surface area contributed by atoms with Gasteiger partial charge in [0.15, 0.2) is 25.2 Å². The van der Waals surface area contributed by atoms with Gasteiger partial charge in [0.05, 0.1) is 31.5 Å². The van der Waals surface area contributed by atoms with Crippen LogP contribution in [0.2, 0.25) is 0 Å². The van der Waals surface area contributed by atoms with Gasteiger partial charge in [-0.3, -0.25) is 0 Å². The van der Waals surface area contributed by atoms with Crippen molar-refractivity contribution in [2.75, 3.05) is 13.2 Å². The Kier molecular flexibility index (Phi) is 13.3. The van der Waals surface area contributed by atoms with Gasteiger partial charge in [-0.25, -0.2) is 0 Å². The first-order valence-electron chi connectivity index (χ1n) is 23.3. The highest BCUT2D eigenvalue weighted by atomic mass is 16.8. The zero-order chi connectivity index (χ0) is 45.8. The summed E-state index contributed by atoms with van der Waals surface area (Å²) in [6, 6.07) is 0. The predicted molar refractivity (Wildman–Crippen MR) is 220 cm³/mol. The van der Waals surface area contributed by atoms with Gasteiger partial charge < -0.3 is 83.9 Å². The first kappa shape index (κ1) is 48.2. The quantitative estimate of drug-likeness (QED) is 0.0881. The molecule has 0 unspecified atom stereocenters. The van der Waals surface area contributed by atoms with Crippen LogP contribution in [0.3, 0.4) is 0 Å². The molecular weight excluding hydrogens is 824 g/mol. The Hall–Kier alpha value is -1.23. The molecule has 24 atom stereocenters. The molecule has 0 aromatic carbocycles. The lowest BCUT2D eigenvalue weighted by molar-refractivity contribution is -0.383. The molecule has 0 spiro atoms. The number of aliphatic hydroxyl groups excluding tert-OH is 8. The van der Waals surface area contributed by atoms with E-state index in [0.29, 0.717) is 19.3 Å². The van der Waals surface area contributed by atoms with Crippen LogP contribution in [-0.4, -0.2) is 169 Å². The minimum Gasteiger partial charge on any atom is -0.388 e. The third-order valence-corrected chi connectivity index (χ3v) is 18.1. The number of aliphatic hydroxyl groups is 9. The number of ether oxygens (including phenoxy) is 7. The van der Waals surface area contributed by atoms with Crippen molar-refractivity contribution < 1.29 is 83.9 Å². The number of allylic oxidation sites excluding steroid dienone is 1. The fraction of sp³-hybridized carbons (Fsp3) is 0.935. The molecule has 4 aliphatic carbocycles. The second kappa shape index (κ2) is 17.4. The second-order valence-corrected chi connectivity index (χ2v) is 21.9. The van der Waals surface area contributed by atoms with E-state index in [4.69, 9.17) is 33.2 Å². The van der Waals surface area contributed by atoms with Crippen LogP contribution in [0, 0.1) is 45.3 Å². The Morgan fingerprint density at radius 3 is 1.98 bits per heavy atom. The first-order valence-corrected chi connectivity index (χ1v) is 23.3. The van der Waals surface area contributed by atoms with E-state index in [9.17, 15) is 50.8 Å². The van der Waals surface area contributed by atoms with Gasteiger partial charge in [0.2, 0.25) is 0 Å². The van der Waals surface area contributed by atoms with Gasteiger partial charge in [0.1, 0.15) is 66.8 Å². The Morgan fingerprint density at radius 1 is 0.635 bits per heavy atom. The van der Waals surface area contributed by atoms with Gasteiger partial charge in [0, 0.05) is 11.8 Å². The van der Waals surface area contributed by atoms with Crippen LogP contribution in [-0.2, 0) is 38.0 Å². The molecule has 8 rings (SSSR count). The molecule has 0 radical (unpaired) electrons. The summed E-state index contributed by atoms with van der Waals surface area (Å²) in [5.41, 5.74) is -2.02. The summed E-state index contributed by atoms with van der Waals surface area (Å²) in [7, 11) is 0. The van der Waals surface area contributed by atoms with E-state index in [1.807, 2.05) is 19.9 Å². The smallest absolute Gasteiger partial charge is 0.187 e. The molecule has 0 amide bonds. The first-order chi connectivity index (χ1) is 29.5. The number of rotatable bonds is 9. The van der Waals surface area contributed by atoms with Crippen molar-refractivity contribution in [2.45, 2.75) is 210 Å². The van der Waals surface area contributed by atoms with E-state index in [2.05, 4.69) is 27.7 Å². The van der Waals surface area contributed by atoms with E-state index >= 15 is 0 Å². The maximum Gasteiger partial charge on any atom is 0.187 e. The number of carbonyl (C=O) groups is 1. The van der Waals surface area contributed by atoms with Gasteiger partial charge in [-0.15, -0.1) is 0 Å². The number of hydrogen-bond donors (Lipinski definition) is 9. The Labute approximate surface area is 370 Å². The standard InChI is InChI=1S/C46H74O17/c1-21(2)16-23-17-46(56,41(55)60-23)25-10-13-43(6)24(25)8-9-29-44(43,7)14-11-28-42(4,5)30(12-15-45(28,29)20-47)61-40-37(63-39-35(54)33(52)31(50)22(3)59-39)36(27(49)19-58-40)62-38-34(53)32(51)26(48)18-57-38/h16,20,22-41,48-56H,8-15,17-19H2,1-7H3/t22-,23-,24-,25-,26+,27+,28-,29-,30-,31+,32+,33+,34+,35-,36+,37+,38+,39+,40+,41+,43+,44+,45+,46-/m1/s1. The highest BCUT2D eigenvalue weighted by molar-refractivity contribution is 5.62. The maximum atomic E-state index is 13.9. The Morgan fingerprint density at radius 2 is 1.29 bits per heavy atom. The van der Waals surface area contributed by atoms with Crippen molar-refractivity contribution in [1.82, 2.24) is 0 Å². The van der Waals surface area contributed by atoms with Crippen molar-refractivity contribution in [3.63, 3.8) is 0 Å². The summed E-state index contributed by atoms with van der Waals surface area (Å²) in [6.45, 7) is 13.7. The highest BCUT2D eigenvalue weighted by Gasteiger charge is 2.72. The third-order valence-electron chi connectivity index (χ3n) is 18.1. The molecule has 4 saturated heterocycles. The summed E-state index contributed by atoms with van der Waals surface area (Å²) in [6.07, 6.45) is -11.7. The predicted octanol–water partition coefficient (Wildman–Crippen LogP) is 0.794. The van der Waals surface area contributed by atoms with E-state index in [1.54, 1.807) is 0 Å². The molecule has 4 saturated carbocycles. The van der Waals surface area contributed by atoms with Crippen molar-refractivity contribution in [3.8, 4) is 0 Å². The van der Waals surface area contributed by atoms with Crippen molar-refractivity contribution in [3.05, 3.63) is 11.6 Å². The van der Waals surface area contributed by atoms with E-state index in [1.165, 1.54) is 13.2 Å². The maximum absolute atomic E-state index is 13.9. The average Bonchev–Trinajstić information content (AvgIpc) is 3.73. The molecule has 63 heavy (non-hydrogen) atoms. The van der Waals surface area contributed by atoms with Crippen LogP contribution in [0.5, 0.6) is 0 Å². The summed E-state index contributed by atoms with van der Waals surface area (Å²) < 4.78 is 42.7. The molecule has 9 N–H and O–H groups in total. The normalized spacial score (nSPS) is 55.6. The van der Waals surface area contributed by atoms with Gasteiger partial charge in [0.25, 0.3) is 0 Å². The minimum absolute atomic E-state index is 0.0544. The molecule has 17 nitrogen and oxygen atoms in total. The summed E-state index contributed by atoms with van der Waals surface area (Å²) >= 11 is 0. The topological polar surface area (TPSA) is 264 Å².